The second kappa shape index (κ2) is 7.92. The first kappa shape index (κ1) is 18.3. The third-order valence-electron chi connectivity index (χ3n) is 4.74. The highest BCUT2D eigenvalue weighted by molar-refractivity contribution is 7.18. The van der Waals surface area contributed by atoms with E-state index in [4.69, 9.17) is 16.6 Å². The fraction of sp³-hybridized carbons (Fsp3) is 0.300. The summed E-state index contributed by atoms with van der Waals surface area (Å²) in [5.41, 5.74) is 1.19. The van der Waals surface area contributed by atoms with Gasteiger partial charge in [0.2, 0.25) is 5.91 Å². The first-order chi connectivity index (χ1) is 13.1. The molecule has 1 aliphatic rings. The van der Waals surface area contributed by atoms with Gasteiger partial charge in [-0.1, -0.05) is 23.7 Å². The van der Waals surface area contributed by atoms with E-state index in [0.717, 1.165) is 36.5 Å². The molecule has 1 aliphatic heterocycles. The number of halogens is 2. The van der Waals surface area contributed by atoms with Crippen LogP contribution < -0.4 is 5.32 Å². The maximum atomic E-state index is 13.9. The molecule has 3 aromatic rings. The molecule has 1 aromatic heterocycles. The van der Waals surface area contributed by atoms with Crippen LogP contribution in [0.2, 0.25) is 5.02 Å². The highest BCUT2D eigenvalue weighted by atomic mass is 35.5. The minimum atomic E-state index is -0.526. The molecule has 7 heteroatoms. The number of anilines is 1. The number of amides is 1. The van der Waals surface area contributed by atoms with Crippen molar-refractivity contribution >= 4 is 44.7 Å². The monoisotopic (exact) mass is 403 g/mol. The fourth-order valence-corrected chi connectivity index (χ4v) is 4.70. The molecule has 0 radical (unpaired) electrons. The molecule has 0 saturated carbocycles. The van der Waals surface area contributed by atoms with E-state index in [2.05, 4.69) is 16.3 Å². The van der Waals surface area contributed by atoms with Crippen molar-refractivity contribution < 1.29 is 9.18 Å². The van der Waals surface area contributed by atoms with Gasteiger partial charge in [0.15, 0.2) is 0 Å². The van der Waals surface area contributed by atoms with Gasteiger partial charge in [-0.05, 0) is 49.7 Å². The SMILES string of the molecule is O=C(CN1CCC[C@@H](c2nc3ccccc3s2)C1)Nc1ccc(Cl)cc1F. The molecule has 1 atom stereocenters. The van der Waals surface area contributed by atoms with E-state index in [1.165, 1.54) is 16.8 Å². The summed E-state index contributed by atoms with van der Waals surface area (Å²) in [5, 5.41) is 4.07. The molecular weight excluding hydrogens is 385 g/mol. The van der Waals surface area contributed by atoms with Gasteiger partial charge in [0.1, 0.15) is 5.82 Å². The van der Waals surface area contributed by atoms with Gasteiger partial charge in [0, 0.05) is 17.5 Å². The quantitative estimate of drug-likeness (QED) is 0.673. The molecular formula is C20H19ClFN3OS. The maximum absolute atomic E-state index is 13.9. The van der Waals surface area contributed by atoms with Gasteiger partial charge < -0.3 is 5.32 Å². The van der Waals surface area contributed by atoms with E-state index in [-0.39, 0.29) is 18.1 Å². The average Bonchev–Trinajstić information content (AvgIpc) is 3.08. The van der Waals surface area contributed by atoms with Crippen LogP contribution in [0.1, 0.15) is 23.8 Å². The molecule has 2 aromatic carbocycles. The van der Waals surface area contributed by atoms with Crippen molar-refractivity contribution in [3.63, 3.8) is 0 Å². The molecule has 4 rings (SSSR count). The number of hydrogen-bond acceptors (Lipinski definition) is 4. The first-order valence-corrected chi connectivity index (χ1v) is 10.1. The van der Waals surface area contributed by atoms with Gasteiger partial charge in [-0.25, -0.2) is 9.37 Å². The number of hydrogen-bond donors (Lipinski definition) is 1. The molecule has 0 bridgehead atoms. The number of rotatable bonds is 4. The van der Waals surface area contributed by atoms with E-state index < -0.39 is 5.82 Å². The predicted octanol–water partition coefficient (Wildman–Crippen LogP) is 4.91. The molecule has 0 aliphatic carbocycles. The summed E-state index contributed by atoms with van der Waals surface area (Å²) in [5.74, 6) is -0.417. The Morgan fingerprint density at radius 1 is 1.33 bits per heavy atom. The number of nitrogens with one attached hydrogen (secondary N) is 1. The Hall–Kier alpha value is -2.02. The van der Waals surface area contributed by atoms with E-state index in [1.807, 2.05) is 18.2 Å². The van der Waals surface area contributed by atoms with E-state index in [1.54, 1.807) is 17.4 Å². The van der Waals surface area contributed by atoms with Gasteiger partial charge in [0.25, 0.3) is 0 Å². The lowest BCUT2D eigenvalue weighted by atomic mass is 9.99. The summed E-state index contributed by atoms with van der Waals surface area (Å²) in [6.45, 7) is 1.89. The molecule has 1 amide bonds. The number of aromatic nitrogens is 1. The van der Waals surface area contributed by atoms with Crippen molar-refractivity contribution in [1.29, 1.82) is 0 Å². The summed E-state index contributed by atoms with van der Waals surface area (Å²) in [6, 6.07) is 12.4. The van der Waals surface area contributed by atoms with Gasteiger partial charge >= 0.3 is 0 Å². The van der Waals surface area contributed by atoms with Gasteiger partial charge in [-0.3, -0.25) is 9.69 Å². The van der Waals surface area contributed by atoms with Crippen LogP contribution in [0.5, 0.6) is 0 Å². The number of fused-ring (bicyclic) bond motifs is 1. The zero-order valence-electron chi connectivity index (χ0n) is 14.6. The third-order valence-corrected chi connectivity index (χ3v) is 6.17. The van der Waals surface area contributed by atoms with Gasteiger partial charge in [0.05, 0.1) is 27.5 Å². The Balaban J connectivity index is 1.40. The Labute approximate surface area is 166 Å². The van der Waals surface area contributed by atoms with Crippen LogP contribution in [0.25, 0.3) is 10.2 Å². The summed E-state index contributed by atoms with van der Waals surface area (Å²) in [4.78, 5) is 19.2. The molecule has 0 spiro atoms. The van der Waals surface area contributed by atoms with Crippen LogP contribution in [0.15, 0.2) is 42.5 Å². The molecule has 1 saturated heterocycles. The maximum Gasteiger partial charge on any atom is 0.238 e. The van der Waals surface area contributed by atoms with Crippen LogP contribution >= 0.6 is 22.9 Å². The van der Waals surface area contributed by atoms with E-state index >= 15 is 0 Å². The largest absolute Gasteiger partial charge is 0.322 e. The Kier molecular flexibility index (Phi) is 5.38. The third kappa shape index (κ3) is 4.29. The second-order valence-corrected chi connectivity index (χ2v) is 8.27. The number of para-hydroxylation sites is 1. The second-order valence-electron chi connectivity index (χ2n) is 6.77. The molecule has 140 valence electrons. The standard InChI is InChI=1S/C20H19ClFN3OS/c21-14-7-8-16(15(22)10-14)23-19(26)12-25-9-3-4-13(11-25)20-24-17-5-1-2-6-18(17)27-20/h1-2,5-8,10,13H,3-4,9,11-12H2,(H,23,26)/t13-/m1/s1. The number of piperidine rings is 1. The van der Waals surface area contributed by atoms with Crippen molar-refractivity contribution in [3.05, 3.63) is 58.3 Å². The molecule has 4 nitrogen and oxygen atoms in total. The van der Waals surface area contributed by atoms with E-state index in [9.17, 15) is 9.18 Å². The van der Waals surface area contributed by atoms with Crippen LogP contribution in [0, 0.1) is 5.82 Å². The Morgan fingerprint density at radius 2 is 2.19 bits per heavy atom. The van der Waals surface area contributed by atoms with Crippen molar-refractivity contribution in [2.45, 2.75) is 18.8 Å². The predicted molar refractivity (Wildman–Crippen MR) is 108 cm³/mol. The molecule has 1 N–H and O–H groups in total. The lowest BCUT2D eigenvalue weighted by Gasteiger charge is -2.31. The summed E-state index contributed by atoms with van der Waals surface area (Å²) in [7, 11) is 0. The summed E-state index contributed by atoms with van der Waals surface area (Å²) in [6.07, 6.45) is 2.09. The molecule has 27 heavy (non-hydrogen) atoms. The zero-order valence-corrected chi connectivity index (χ0v) is 16.2. The number of thiazole rings is 1. The van der Waals surface area contributed by atoms with Crippen LogP contribution in [-0.4, -0.2) is 35.4 Å². The van der Waals surface area contributed by atoms with Gasteiger partial charge in [-0.15, -0.1) is 11.3 Å². The minimum Gasteiger partial charge on any atom is -0.322 e. The number of benzene rings is 2. The average molecular weight is 404 g/mol. The lowest BCUT2D eigenvalue weighted by molar-refractivity contribution is -0.117. The summed E-state index contributed by atoms with van der Waals surface area (Å²) < 4.78 is 15.0. The normalized spacial score (nSPS) is 17.9. The van der Waals surface area contributed by atoms with Crippen LogP contribution in [0.4, 0.5) is 10.1 Å². The molecule has 2 heterocycles. The van der Waals surface area contributed by atoms with Crippen molar-refractivity contribution in [1.82, 2.24) is 9.88 Å². The topological polar surface area (TPSA) is 45.2 Å². The first-order valence-electron chi connectivity index (χ1n) is 8.91. The summed E-state index contributed by atoms with van der Waals surface area (Å²) >= 11 is 7.48. The van der Waals surface area contributed by atoms with Crippen molar-refractivity contribution in [2.24, 2.45) is 0 Å². The zero-order chi connectivity index (χ0) is 18.8. The number of nitrogens with zero attached hydrogens (tertiary/aromatic N) is 2. The van der Waals surface area contributed by atoms with Gasteiger partial charge in [-0.2, -0.15) is 0 Å². The fourth-order valence-electron chi connectivity index (χ4n) is 3.45. The van der Waals surface area contributed by atoms with Crippen LogP contribution in [-0.2, 0) is 4.79 Å². The number of carbonyl (C=O) groups excluding carboxylic acids is 1. The van der Waals surface area contributed by atoms with Crippen LogP contribution in [0.3, 0.4) is 0 Å². The lowest BCUT2D eigenvalue weighted by Crippen LogP contribution is -2.39. The van der Waals surface area contributed by atoms with Crippen molar-refractivity contribution in [3.8, 4) is 0 Å². The smallest absolute Gasteiger partial charge is 0.238 e. The van der Waals surface area contributed by atoms with Crippen molar-refractivity contribution in [2.75, 3.05) is 25.0 Å². The molecule has 0 unspecified atom stereocenters. The minimum absolute atomic E-state index is 0.157. The number of likely N-dealkylation sites (tertiary alicyclic amines) is 1. The Bertz CT molecular complexity index is 944. The van der Waals surface area contributed by atoms with E-state index in [0.29, 0.717) is 10.9 Å². The highest BCUT2D eigenvalue weighted by Gasteiger charge is 2.25. The highest BCUT2D eigenvalue weighted by Crippen LogP contribution is 2.32. The molecule has 1 fully saturated rings. The number of carbonyl (C=O) groups is 1. The Morgan fingerprint density at radius 3 is 3.00 bits per heavy atom.